The lowest BCUT2D eigenvalue weighted by Crippen LogP contribution is -2.00. The third-order valence-corrected chi connectivity index (χ3v) is 3.06. The lowest BCUT2D eigenvalue weighted by atomic mass is 10.2. The molecule has 0 unspecified atom stereocenters. The van der Waals surface area contributed by atoms with Gasteiger partial charge in [0.2, 0.25) is 0 Å². The van der Waals surface area contributed by atoms with E-state index >= 15 is 0 Å². The summed E-state index contributed by atoms with van der Waals surface area (Å²) in [5.74, 6) is 0.908. The van der Waals surface area contributed by atoms with Gasteiger partial charge >= 0.3 is 0 Å². The van der Waals surface area contributed by atoms with Crippen molar-refractivity contribution in [1.82, 2.24) is 9.97 Å². The second-order valence-corrected chi connectivity index (χ2v) is 4.41. The molecule has 0 spiro atoms. The summed E-state index contributed by atoms with van der Waals surface area (Å²) < 4.78 is 19.3. The molecule has 106 valence electrons. The number of anilines is 2. The summed E-state index contributed by atoms with van der Waals surface area (Å²) >= 11 is 0. The molecule has 1 heterocycles. The molecule has 0 radical (unpaired) electrons. The van der Waals surface area contributed by atoms with Crippen LogP contribution in [0, 0.1) is 5.82 Å². The molecule has 0 fully saturated rings. The highest BCUT2D eigenvalue weighted by Crippen LogP contribution is 2.29. The van der Waals surface area contributed by atoms with Crippen molar-refractivity contribution in [2.24, 2.45) is 0 Å². The molecule has 4 nitrogen and oxygen atoms in total. The lowest BCUT2D eigenvalue weighted by Gasteiger charge is -2.12. The zero-order valence-corrected chi connectivity index (χ0v) is 11.5. The average Bonchev–Trinajstić information content (AvgIpc) is 2.51. The first-order valence-corrected chi connectivity index (χ1v) is 6.67. The third-order valence-electron chi connectivity index (χ3n) is 3.06. The minimum Gasteiger partial charge on any atom is -0.492 e. The van der Waals surface area contributed by atoms with E-state index < -0.39 is 0 Å². The number of halogens is 1. The van der Waals surface area contributed by atoms with Crippen molar-refractivity contribution in [3.63, 3.8) is 0 Å². The Hall–Kier alpha value is -2.69. The second kappa shape index (κ2) is 5.75. The standard InChI is InChI=1S/C16H14FN3O/c1-2-21-14-9-4-3-8-13(14)20-16-11-6-5-7-12(17)15(11)18-10-19-16/h3-10H,2H2,1H3,(H,18,19,20). The molecule has 0 amide bonds. The second-order valence-electron chi connectivity index (χ2n) is 4.41. The highest BCUT2D eigenvalue weighted by molar-refractivity contribution is 5.91. The van der Waals surface area contributed by atoms with Crippen LogP contribution in [0.2, 0.25) is 0 Å². The van der Waals surface area contributed by atoms with Gasteiger partial charge in [0, 0.05) is 5.39 Å². The predicted molar refractivity (Wildman–Crippen MR) is 80.4 cm³/mol. The van der Waals surface area contributed by atoms with Crippen LogP contribution in [-0.2, 0) is 0 Å². The maximum Gasteiger partial charge on any atom is 0.149 e. The van der Waals surface area contributed by atoms with Crippen molar-refractivity contribution in [3.05, 3.63) is 54.6 Å². The Morgan fingerprint density at radius 2 is 1.95 bits per heavy atom. The van der Waals surface area contributed by atoms with Gasteiger partial charge in [-0.1, -0.05) is 18.2 Å². The van der Waals surface area contributed by atoms with Gasteiger partial charge in [-0.05, 0) is 31.2 Å². The van der Waals surface area contributed by atoms with Gasteiger partial charge in [0.25, 0.3) is 0 Å². The molecule has 0 bridgehead atoms. The number of hydrogen-bond acceptors (Lipinski definition) is 4. The minimum absolute atomic E-state index is 0.295. The summed E-state index contributed by atoms with van der Waals surface area (Å²) in [6.45, 7) is 2.49. The fraction of sp³-hybridized carbons (Fsp3) is 0.125. The quantitative estimate of drug-likeness (QED) is 0.788. The lowest BCUT2D eigenvalue weighted by molar-refractivity contribution is 0.342. The average molecular weight is 283 g/mol. The number of fused-ring (bicyclic) bond motifs is 1. The molecule has 21 heavy (non-hydrogen) atoms. The van der Waals surface area contributed by atoms with E-state index in [2.05, 4.69) is 15.3 Å². The van der Waals surface area contributed by atoms with Crippen LogP contribution in [-0.4, -0.2) is 16.6 Å². The number of hydrogen-bond donors (Lipinski definition) is 1. The first-order chi connectivity index (χ1) is 10.3. The van der Waals surface area contributed by atoms with Gasteiger partial charge in [-0.2, -0.15) is 0 Å². The molecule has 0 aliphatic carbocycles. The largest absolute Gasteiger partial charge is 0.492 e. The molecule has 5 heteroatoms. The monoisotopic (exact) mass is 283 g/mol. The molecule has 3 rings (SSSR count). The van der Waals surface area contributed by atoms with Gasteiger partial charge in [-0.3, -0.25) is 0 Å². The number of nitrogens with one attached hydrogen (secondary N) is 1. The first kappa shape index (κ1) is 13.3. The van der Waals surface area contributed by atoms with Gasteiger partial charge in [0.15, 0.2) is 0 Å². The molecule has 0 saturated carbocycles. The van der Waals surface area contributed by atoms with Crippen LogP contribution in [0.15, 0.2) is 48.8 Å². The Kier molecular flexibility index (Phi) is 3.64. The van der Waals surface area contributed by atoms with Gasteiger partial charge in [-0.25, -0.2) is 14.4 Å². The van der Waals surface area contributed by atoms with Crippen LogP contribution < -0.4 is 10.1 Å². The fourth-order valence-electron chi connectivity index (χ4n) is 2.13. The molecule has 3 aromatic rings. The van der Waals surface area contributed by atoms with E-state index in [0.717, 1.165) is 11.4 Å². The SMILES string of the molecule is CCOc1ccccc1Nc1ncnc2c(F)cccc12. The Morgan fingerprint density at radius 3 is 2.81 bits per heavy atom. The molecular weight excluding hydrogens is 269 g/mol. The third kappa shape index (κ3) is 2.63. The van der Waals surface area contributed by atoms with Crippen molar-refractivity contribution >= 4 is 22.4 Å². The maximum atomic E-state index is 13.8. The molecule has 0 saturated heterocycles. The Bertz CT molecular complexity index is 776. The Labute approximate surface area is 121 Å². The number of para-hydroxylation sites is 3. The van der Waals surface area contributed by atoms with Gasteiger partial charge < -0.3 is 10.1 Å². The summed E-state index contributed by atoms with van der Waals surface area (Å²) in [4.78, 5) is 8.18. The molecule has 1 N–H and O–H groups in total. The number of rotatable bonds is 4. The van der Waals surface area contributed by atoms with Gasteiger partial charge in [-0.15, -0.1) is 0 Å². The zero-order valence-electron chi connectivity index (χ0n) is 11.5. The van der Waals surface area contributed by atoms with E-state index in [1.165, 1.54) is 12.4 Å². The summed E-state index contributed by atoms with van der Waals surface area (Å²) in [6, 6.07) is 12.4. The molecule has 2 aromatic carbocycles. The first-order valence-electron chi connectivity index (χ1n) is 6.67. The summed E-state index contributed by atoms with van der Waals surface area (Å²) in [7, 11) is 0. The van der Waals surface area contributed by atoms with Crippen LogP contribution in [0.3, 0.4) is 0 Å². The predicted octanol–water partition coefficient (Wildman–Crippen LogP) is 3.91. The number of nitrogens with zero attached hydrogens (tertiary/aromatic N) is 2. The van der Waals surface area contributed by atoms with E-state index in [4.69, 9.17) is 4.74 Å². The highest BCUT2D eigenvalue weighted by Gasteiger charge is 2.09. The van der Waals surface area contributed by atoms with E-state index in [-0.39, 0.29) is 5.82 Å². The zero-order chi connectivity index (χ0) is 14.7. The van der Waals surface area contributed by atoms with Crippen molar-refractivity contribution in [3.8, 4) is 5.75 Å². The molecular formula is C16H14FN3O. The van der Waals surface area contributed by atoms with Crippen LogP contribution in [0.25, 0.3) is 10.9 Å². The molecule has 0 aliphatic rings. The normalized spacial score (nSPS) is 10.6. The molecule has 0 atom stereocenters. The summed E-state index contributed by atoms with van der Waals surface area (Å²) in [5.41, 5.74) is 1.08. The van der Waals surface area contributed by atoms with E-state index in [0.29, 0.717) is 23.3 Å². The number of benzene rings is 2. The van der Waals surface area contributed by atoms with Crippen LogP contribution >= 0.6 is 0 Å². The van der Waals surface area contributed by atoms with E-state index in [1.54, 1.807) is 12.1 Å². The Morgan fingerprint density at radius 1 is 1.10 bits per heavy atom. The molecule has 1 aromatic heterocycles. The van der Waals surface area contributed by atoms with Crippen molar-refractivity contribution in [1.29, 1.82) is 0 Å². The Balaban J connectivity index is 2.05. The minimum atomic E-state index is -0.365. The fourth-order valence-corrected chi connectivity index (χ4v) is 2.13. The summed E-state index contributed by atoms with van der Waals surface area (Å²) in [6.07, 6.45) is 1.34. The van der Waals surface area contributed by atoms with E-state index in [9.17, 15) is 4.39 Å². The number of aromatic nitrogens is 2. The van der Waals surface area contributed by atoms with E-state index in [1.807, 2.05) is 31.2 Å². The van der Waals surface area contributed by atoms with Gasteiger partial charge in [0.1, 0.15) is 29.2 Å². The van der Waals surface area contributed by atoms with Crippen LogP contribution in [0.5, 0.6) is 5.75 Å². The number of ether oxygens (including phenoxy) is 1. The highest BCUT2D eigenvalue weighted by atomic mass is 19.1. The van der Waals surface area contributed by atoms with Crippen molar-refractivity contribution < 1.29 is 9.13 Å². The topological polar surface area (TPSA) is 47.0 Å². The van der Waals surface area contributed by atoms with Crippen molar-refractivity contribution in [2.75, 3.05) is 11.9 Å². The molecule has 0 aliphatic heterocycles. The summed E-state index contributed by atoms with van der Waals surface area (Å²) in [5, 5.41) is 3.81. The maximum absolute atomic E-state index is 13.8. The smallest absolute Gasteiger partial charge is 0.149 e. The van der Waals surface area contributed by atoms with Gasteiger partial charge in [0.05, 0.1) is 12.3 Å². The van der Waals surface area contributed by atoms with Crippen LogP contribution in [0.4, 0.5) is 15.9 Å². The van der Waals surface area contributed by atoms with Crippen molar-refractivity contribution in [2.45, 2.75) is 6.92 Å². The van der Waals surface area contributed by atoms with Crippen LogP contribution in [0.1, 0.15) is 6.92 Å².